The van der Waals surface area contributed by atoms with Crippen molar-refractivity contribution < 1.29 is 0 Å². The smallest absolute Gasteiger partial charge is 0.131 e. The van der Waals surface area contributed by atoms with Gasteiger partial charge >= 0.3 is 0 Å². The van der Waals surface area contributed by atoms with Gasteiger partial charge in [0.25, 0.3) is 0 Å². The van der Waals surface area contributed by atoms with Crippen LogP contribution in [-0.4, -0.2) is 16.5 Å². The van der Waals surface area contributed by atoms with Crippen LogP contribution in [0.4, 0.5) is 11.6 Å². The van der Waals surface area contributed by atoms with Gasteiger partial charge in [-0.2, -0.15) is 0 Å². The summed E-state index contributed by atoms with van der Waals surface area (Å²) in [5.74, 6) is 1.66. The number of hydrogen-bond donors (Lipinski definition) is 2. The highest BCUT2D eigenvalue weighted by molar-refractivity contribution is 9.10. The van der Waals surface area contributed by atoms with Crippen molar-refractivity contribution in [1.82, 2.24) is 9.97 Å². The fraction of sp³-hybridized carbons (Fsp3) is 0.286. The summed E-state index contributed by atoms with van der Waals surface area (Å²) in [5, 5.41) is 6.48. The molecule has 19 heavy (non-hydrogen) atoms. The molecule has 1 aromatic carbocycles. The molecule has 2 N–H and O–H groups in total. The van der Waals surface area contributed by atoms with Gasteiger partial charge in [0.2, 0.25) is 0 Å². The molecule has 100 valence electrons. The van der Waals surface area contributed by atoms with E-state index in [1.54, 1.807) is 6.33 Å². The molecule has 0 bridgehead atoms. The Bertz CT molecular complexity index is 557. The highest BCUT2D eigenvalue weighted by atomic mass is 79.9. The molecule has 5 heteroatoms. The second-order valence-electron chi connectivity index (χ2n) is 4.24. The average molecular weight is 321 g/mol. The van der Waals surface area contributed by atoms with Gasteiger partial charge in [-0.05, 0) is 37.1 Å². The van der Waals surface area contributed by atoms with E-state index in [2.05, 4.69) is 55.6 Å². The van der Waals surface area contributed by atoms with Crippen LogP contribution in [-0.2, 0) is 6.54 Å². The average Bonchev–Trinajstić information content (AvgIpc) is 2.41. The maximum absolute atomic E-state index is 4.21. The van der Waals surface area contributed by atoms with Crippen LogP contribution in [0.15, 0.2) is 35.1 Å². The number of anilines is 2. The third kappa shape index (κ3) is 3.92. The van der Waals surface area contributed by atoms with Gasteiger partial charge in [-0.15, -0.1) is 0 Å². The van der Waals surface area contributed by atoms with Crippen molar-refractivity contribution in [2.75, 3.05) is 17.2 Å². The lowest BCUT2D eigenvalue weighted by Gasteiger charge is -2.10. The maximum atomic E-state index is 4.21. The van der Waals surface area contributed by atoms with Crippen LogP contribution < -0.4 is 10.6 Å². The van der Waals surface area contributed by atoms with Gasteiger partial charge in [0.15, 0.2) is 0 Å². The topological polar surface area (TPSA) is 49.8 Å². The number of aromatic nitrogens is 2. The first-order valence-corrected chi connectivity index (χ1v) is 7.03. The van der Waals surface area contributed by atoms with Gasteiger partial charge < -0.3 is 10.6 Å². The normalized spacial score (nSPS) is 10.3. The number of nitrogens with zero attached hydrogens (tertiary/aromatic N) is 2. The van der Waals surface area contributed by atoms with E-state index in [0.29, 0.717) is 0 Å². The summed E-state index contributed by atoms with van der Waals surface area (Å²) in [6.45, 7) is 5.74. The Morgan fingerprint density at radius 1 is 1.11 bits per heavy atom. The summed E-state index contributed by atoms with van der Waals surface area (Å²) in [4.78, 5) is 8.36. The van der Waals surface area contributed by atoms with E-state index < -0.39 is 0 Å². The lowest BCUT2D eigenvalue weighted by molar-refractivity contribution is 1.06. The summed E-state index contributed by atoms with van der Waals surface area (Å²) < 4.78 is 1.09. The van der Waals surface area contributed by atoms with Crippen molar-refractivity contribution >= 4 is 27.6 Å². The second-order valence-corrected chi connectivity index (χ2v) is 5.16. The molecule has 1 heterocycles. The van der Waals surface area contributed by atoms with Crippen LogP contribution in [0.3, 0.4) is 0 Å². The molecular formula is C14H17BrN4. The van der Waals surface area contributed by atoms with Crippen LogP contribution in [0, 0.1) is 6.92 Å². The largest absolute Gasteiger partial charge is 0.370 e. The van der Waals surface area contributed by atoms with E-state index in [9.17, 15) is 0 Å². The summed E-state index contributed by atoms with van der Waals surface area (Å²) in [7, 11) is 0. The van der Waals surface area contributed by atoms with E-state index >= 15 is 0 Å². The van der Waals surface area contributed by atoms with E-state index in [1.807, 2.05) is 19.1 Å². The van der Waals surface area contributed by atoms with Crippen LogP contribution in [0.2, 0.25) is 0 Å². The van der Waals surface area contributed by atoms with Crippen molar-refractivity contribution in [3.05, 3.63) is 46.2 Å². The minimum absolute atomic E-state index is 0.744. The molecule has 0 aliphatic carbocycles. The van der Waals surface area contributed by atoms with Crippen molar-refractivity contribution in [2.45, 2.75) is 20.4 Å². The third-order valence-corrected chi connectivity index (χ3v) is 3.29. The van der Waals surface area contributed by atoms with Crippen molar-refractivity contribution in [2.24, 2.45) is 0 Å². The van der Waals surface area contributed by atoms with Gasteiger partial charge in [0.05, 0.1) is 0 Å². The van der Waals surface area contributed by atoms with Crippen molar-refractivity contribution in [3.8, 4) is 0 Å². The number of aryl methyl sites for hydroxylation is 1. The fourth-order valence-corrected chi connectivity index (χ4v) is 2.16. The van der Waals surface area contributed by atoms with E-state index in [-0.39, 0.29) is 0 Å². The molecule has 0 atom stereocenters. The molecule has 0 amide bonds. The van der Waals surface area contributed by atoms with E-state index in [4.69, 9.17) is 0 Å². The first-order valence-electron chi connectivity index (χ1n) is 6.24. The molecule has 0 fully saturated rings. The second kappa shape index (κ2) is 6.52. The molecule has 4 nitrogen and oxygen atoms in total. The molecule has 0 aliphatic heterocycles. The molecule has 0 saturated carbocycles. The van der Waals surface area contributed by atoms with Crippen LogP contribution >= 0.6 is 15.9 Å². The van der Waals surface area contributed by atoms with E-state index in [1.165, 1.54) is 11.1 Å². The zero-order valence-electron chi connectivity index (χ0n) is 11.1. The van der Waals surface area contributed by atoms with E-state index in [0.717, 1.165) is 29.2 Å². The molecule has 0 radical (unpaired) electrons. The Balaban J connectivity index is 2.05. The molecule has 1 aromatic heterocycles. The number of nitrogens with one attached hydrogen (secondary N) is 2. The quantitative estimate of drug-likeness (QED) is 0.883. The Kier molecular flexibility index (Phi) is 4.74. The highest BCUT2D eigenvalue weighted by Gasteiger charge is 2.01. The van der Waals surface area contributed by atoms with Gasteiger partial charge in [-0.25, -0.2) is 9.97 Å². The molecule has 0 spiro atoms. The Morgan fingerprint density at radius 3 is 2.58 bits per heavy atom. The maximum Gasteiger partial charge on any atom is 0.131 e. The number of rotatable bonds is 5. The number of benzene rings is 1. The van der Waals surface area contributed by atoms with Crippen molar-refractivity contribution in [1.29, 1.82) is 0 Å². The van der Waals surface area contributed by atoms with Crippen LogP contribution in [0.25, 0.3) is 0 Å². The number of hydrogen-bond acceptors (Lipinski definition) is 4. The zero-order valence-corrected chi connectivity index (χ0v) is 12.7. The zero-order chi connectivity index (χ0) is 13.7. The first-order chi connectivity index (χ1) is 9.19. The van der Waals surface area contributed by atoms with Gasteiger partial charge in [0, 0.05) is 23.6 Å². The summed E-state index contributed by atoms with van der Waals surface area (Å²) >= 11 is 3.49. The van der Waals surface area contributed by atoms with Crippen LogP contribution in [0.5, 0.6) is 0 Å². The molecular weight excluding hydrogens is 304 g/mol. The molecule has 0 aliphatic rings. The third-order valence-electron chi connectivity index (χ3n) is 2.80. The molecule has 0 unspecified atom stereocenters. The van der Waals surface area contributed by atoms with Gasteiger partial charge in [-0.1, -0.05) is 22.0 Å². The van der Waals surface area contributed by atoms with Crippen LogP contribution in [0.1, 0.15) is 18.1 Å². The Hall–Kier alpha value is -1.62. The predicted octanol–water partition coefficient (Wildman–Crippen LogP) is 3.59. The summed E-state index contributed by atoms with van der Waals surface area (Å²) in [6.07, 6.45) is 1.56. The van der Waals surface area contributed by atoms with Gasteiger partial charge in [0.1, 0.15) is 18.0 Å². The molecule has 2 rings (SSSR count). The van der Waals surface area contributed by atoms with Gasteiger partial charge in [-0.3, -0.25) is 0 Å². The summed E-state index contributed by atoms with van der Waals surface area (Å²) in [5.41, 5.74) is 2.51. The lowest BCUT2D eigenvalue weighted by Crippen LogP contribution is -2.05. The highest BCUT2D eigenvalue weighted by Crippen LogP contribution is 2.17. The SMILES string of the molecule is CCNc1cc(NCc2cc(Br)ccc2C)ncn1. The Morgan fingerprint density at radius 2 is 1.84 bits per heavy atom. The monoisotopic (exact) mass is 320 g/mol. The fourth-order valence-electron chi connectivity index (χ4n) is 1.75. The molecule has 2 aromatic rings. The Labute approximate surface area is 121 Å². The first kappa shape index (κ1) is 13.8. The predicted molar refractivity (Wildman–Crippen MR) is 82.4 cm³/mol. The van der Waals surface area contributed by atoms with Crippen molar-refractivity contribution in [3.63, 3.8) is 0 Å². The summed E-state index contributed by atoms with van der Waals surface area (Å²) in [6, 6.07) is 8.18. The number of halogens is 1. The standard InChI is InChI=1S/C14H17BrN4/c1-3-16-13-7-14(19-9-18-13)17-8-11-6-12(15)5-4-10(11)2/h4-7,9H,3,8H2,1-2H3,(H2,16,17,18,19). The molecule has 0 saturated heterocycles. The lowest BCUT2D eigenvalue weighted by atomic mass is 10.1. The minimum atomic E-state index is 0.744. The minimum Gasteiger partial charge on any atom is -0.370 e.